The number of carbonyl (C=O) groups is 1. The van der Waals surface area contributed by atoms with Crippen LogP contribution < -0.4 is 5.32 Å². The third-order valence-electron chi connectivity index (χ3n) is 3.01. The van der Waals surface area contributed by atoms with E-state index in [1.165, 1.54) is 6.08 Å². The molecule has 0 aromatic heterocycles. The van der Waals surface area contributed by atoms with Gasteiger partial charge >= 0.3 is 0 Å². The van der Waals surface area contributed by atoms with E-state index in [-0.39, 0.29) is 5.91 Å². The lowest BCUT2D eigenvalue weighted by Gasteiger charge is -2.26. The van der Waals surface area contributed by atoms with Crippen molar-refractivity contribution in [2.45, 2.75) is 19.7 Å². The Balaban J connectivity index is 1.91. The molecule has 1 unspecified atom stereocenters. The highest BCUT2D eigenvalue weighted by atomic mass is 35.5. The highest BCUT2D eigenvalue weighted by Crippen LogP contribution is 2.10. The van der Waals surface area contributed by atoms with Gasteiger partial charge in [-0.2, -0.15) is 0 Å². The van der Waals surface area contributed by atoms with Crippen molar-refractivity contribution in [3.63, 3.8) is 0 Å². The monoisotopic (exact) mass is 319 g/mol. The minimum Gasteiger partial charge on any atom is -0.355 e. The maximum absolute atomic E-state index is 11.8. The van der Waals surface area contributed by atoms with Crippen LogP contribution in [0.25, 0.3) is 6.08 Å². The van der Waals surface area contributed by atoms with Gasteiger partial charge in [0.05, 0.1) is 0 Å². The highest BCUT2D eigenvalue weighted by molar-refractivity contribution is 6.30. The number of benzene rings is 1. The van der Waals surface area contributed by atoms with Gasteiger partial charge in [0.1, 0.15) is 5.84 Å². The molecule has 0 aliphatic carbocycles. The van der Waals surface area contributed by atoms with Crippen LogP contribution in [0.1, 0.15) is 18.9 Å². The molecule has 0 fully saturated rings. The lowest BCUT2D eigenvalue weighted by molar-refractivity contribution is -0.115. The molecule has 0 saturated carbocycles. The van der Waals surface area contributed by atoms with Crippen molar-refractivity contribution in [3.8, 4) is 0 Å². The first kappa shape index (κ1) is 16.3. The van der Waals surface area contributed by atoms with Gasteiger partial charge in [-0.3, -0.25) is 4.79 Å². The Labute approximate surface area is 134 Å². The van der Waals surface area contributed by atoms with Gasteiger partial charge in [0.15, 0.2) is 0 Å². The summed E-state index contributed by atoms with van der Waals surface area (Å²) in [7, 11) is 0. The number of aliphatic hydroxyl groups excluding tert-OH is 1. The Kier molecular flexibility index (Phi) is 5.75. The Bertz CT molecular complexity index is 608. The summed E-state index contributed by atoms with van der Waals surface area (Å²) in [6.45, 7) is 2.72. The summed E-state index contributed by atoms with van der Waals surface area (Å²) in [6, 6.07) is 7.14. The summed E-state index contributed by atoms with van der Waals surface area (Å²) in [5, 5.41) is 13.1. The third kappa shape index (κ3) is 4.72. The zero-order valence-electron chi connectivity index (χ0n) is 12.2. The van der Waals surface area contributed by atoms with Crippen LogP contribution in [-0.2, 0) is 4.79 Å². The maximum Gasteiger partial charge on any atom is 0.249 e. The molecule has 1 atom stereocenters. The predicted molar refractivity (Wildman–Crippen MR) is 88.2 cm³/mol. The zero-order valence-corrected chi connectivity index (χ0v) is 13.0. The van der Waals surface area contributed by atoms with Crippen LogP contribution in [0, 0.1) is 0 Å². The fraction of sp³-hybridized carbons (Fsp3) is 0.250. The number of aliphatic imine (C=N–C) groups is 1. The third-order valence-corrected chi connectivity index (χ3v) is 3.26. The number of hydrogen-bond acceptors (Lipinski definition) is 4. The van der Waals surface area contributed by atoms with Crippen LogP contribution in [0.2, 0.25) is 5.02 Å². The Morgan fingerprint density at radius 1 is 1.45 bits per heavy atom. The Morgan fingerprint density at radius 3 is 2.82 bits per heavy atom. The lowest BCUT2D eigenvalue weighted by Crippen LogP contribution is -2.38. The second-order valence-electron chi connectivity index (χ2n) is 4.79. The number of halogens is 1. The van der Waals surface area contributed by atoms with Crippen LogP contribution in [0.15, 0.2) is 47.6 Å². The second kappa shape index (κ2) is 7.77. The summed E-state index contributed by atoms with van der Waals surface area (Å²) >= 11 is 5.80. The van der Waals surface area contributed by atoms with Crippen molar-refractivity contribution in [2.75, 3.05) is 6.54 Å². The van der Waals surface area contributed by atoms with Gasteiger partial charge in [-0.25, -0.2) is 4.99 Å². The molecule has 0 spiro atoms. The molecule has 1 aliphatic heterocycles. The van der Waals surface area contributed by atoms with Gasteiger partial charge in [0, 0.05) is 23.8 Å². The Hall–Kier alpha value is -2.11. The van der Waals surface area contributed by atoms with E-state index in [9.17, 15) is 9.90 Å². The molecule has 1 aliphatic rings. The average Bonchev–Trinajstić information content (AvgIpc) is 2.50. The van der Waals surface area contributed by atoms with Crippen molar-refractivity contribution in [1.82, 2.24) is 10.2 Å². The molecule has 1 amide bonds. The fourth-order valence-corrected chi connectivity index (χ4v) is 2.05. The lowest BCUT2D eigenvalue weighted by atomic mass is 10.2. The molecule has 0 saturated heterocycles. The van der Waals surface area contributed by atoms with Gasteiger partial charge in [-0.1, -0.05) is 30.7 Å². The van der Waals surface area contributed by atoms with Crippen molar-refractivity contribution < 1.29 is 9.90 Å². The van der Waals surface area contributed by atoms with Crippen molar-refractivity contribution >= 4 is 29.4 Å². The first-order chi connectivity index (χ1) is 10.6. The van der Waals surface area contributed by atoms with Crippen LogP contribution in [-0.4, -0.2) is 34.6 Å². The number of aliphatic hydroxyl groups is 1. The van der Waals surface area contributed by atoms with Gasteiger partial charge < -0.3 is 15.3 Å². The first-order valence-corrected chi connectivity index (χ1v) is 7.40. The molecule has 1 aromatic rings. The maximum atomic E-state index is 11.8. The van der Waals surface area contributed by atoms with E-state index in [2.05, 4.69) is 10.3 Å². The molecule has 6 heteroatoms. The van der Waals surface area contributed by atoms with E-state index >= 15 is 0 Å². The van der Waals surface area contributed by atoms with Crippen LogP contribution in [0.5, 0.6) is 0 Å². The molecule has 1 aromatic carbocycles. The summed E-state index contributed by atoms with van der Waals surface area (Å²) in [6.07, 6.45) is 6.42. The van der Waals surface area contributed by atoms with Crippen LogP contribution >= 0.6 is 11.6 Å². The van der Waals surface area contributed by atoms with Crippen LogP contribution in [0.3, 0.4) is 0 Å². The number of nitrogens with one attached hydrogen (secondary N) is 1. The summed E-state index contributed by atoms with van der Waals surface area (Å²) < 4.78 is 0. The number of nitrogens with zero attached hydrogens (tertiary/aromatic N) is 2. The van der Waals surface area contributed by atoms with Gasteiger partial charge in [0.2, 0.25) is 12.3 Å². The largest absolute Gasteiger partial charge is 0.355 e. The fourth-order valence-electron chi connectivity index (χ4n) is 1.92. The van der Waals surface area contributed by atoms with E-state index in [1.807, 2.05) is 19.1 Å². The van der Waals surface area contributed by atoms with E-state index < -0.39 is 6.35 Å². The number of carbonyl (C=O) groups excluding carboxylic acids is 1. The minimum absolute atomic E-state index is 0.311. The van der Waals surface area contributed by atoms with Gasteiger partial charge in [0.25, 0.3) is 0 Å². The number of rotatable bonds is 4. The molecular formula is C16H18ClN3O2. The topological polar surface area (TPSA) is 64.9 Å². The Morgan fingerprint density at radius 2 is 2.18 bits per heavy atom. The smallest absolute Gasteiger partial charge is 0.249 e. The molecule has 116 valence electrons. The molecule has 2 N–H and O–H groups in total. The summed E-state index contributed by atoms with van der Waals surface area (Å²) in [4.78, 5) is 17.5. The molecule has 2 rings (SSSR count). The van der Waals surface area contributed by atoms with Gasteiger partial charge in [-0.05, 0) is 36.3 Å². The number of amides is 1. The molecule has 1 heterocycles. The van der Waals surface area contributed by atoms with Crippen molar-refractivity contribution in [1.29, 1.82) is 0 Å². The summed E-state index contributed by atoms with van der Waals surface area (Å²) in [5.74, 6) is 0.0279. The van der Waals surface area contributed by atoms with E-state index in [0.717, 1.165) is 12.0 Å². The molecule has 0 radical (unpaired) electrons. The van der Waals surface area contributed by atoms with E-state index in [0.29, 0.717) is 17.4 Å². The quantitative estimate of drug-likeness (QED) is 0.837. The number of amidine groups is 1. The molecular weight excluding hydrogens is 302 g/mol. The second-order valence-corrected chi connectivity index (χ2v) is 5.22. The van der Waals surface area contributed by atoms with Crippen molar-refractivity contribution in [2.24, 2.45) is 4.99 Å². The normalized spacial score (nSPS) is 17.7. The SMILES string of the molecule is CCCN1C=CC(NC(=O)/C=C/c2ccc(Cl)cc2)=NC1O. The van der Waals surface area contributed by atoms with E-state index in [4.69, 9.17) is 11.6 Å². The molecule has 22 heavy (non-hydrogen) atoms. The number of hydrogen-bond donors (Lipinski definition) is 2. The van der Waals surface area contributed by atoms with Crippen molar-refractivity contribution in [3.05, 3.63) is 53.2 Å². The standard InChI is InChI=1S/C16H18ClN3O2/c1-2-10-20-11-9-14(19-16(20)22)18-15(21)8-5-12-3-6-13(17)7-4-12/h3-9,11,16,22H,2,10H2,1H3,(H,18,19,21)/b8-5+. The highest BCUT2D eigenvalue weighted by Gasteiger charge is 2.15. The molecule has 0 bridgehead atoms. The molecule has 5 nitrogen and oxygen atoms in total. The summed E-state index contributed by atoms with van der Waals surface area (Å²) in [5.41, 5.74) is 0.870. The predicted octanol–water partition coefficient (Wildman–Crippen LogP) is 2.38. The average molecular weight is 320 g/mol. The first-order valence-electron chi connectivity index (χ1n) is 7.03. The van der Waals surface area contributed by atoms with E-state index in [1.54, 1.807) is 35.4 Å². The van der Waals surface area contributed by atoms with Crippen LogP contribution in [0.4, 0.5) is 0 Å². The zero-order chi connectivity index (χ0) is 15.9. The minimum atomic E-state index is -0.958. The van der Waals surface area contributed by atoms with Gasteiger partial charge in [-0.15, -0.1) is 0 Å².